The minimum atomic E-state index is -2.99. The molecule has 8 nitrogen and oxygen atoms in total. The molecule has 0 radical (unpaired) electrons. The third-order valence-corrected chi connectivity index (χ3v) is 6.13. The minimum absolute atomic E-state index is 0.0415. The summed E-state index contributed by atoms with van der Waals surface area (Å²) in [5, 5.41) is 7.19. The van der Waals surface area contributed by atoms with Crippen LogP contribution < -0.4 is 21.2 Å². The van der Waals surface area contributed by atoms with Gasteiger partial charge in [0.1, 0.15) is 17.4 Å². The summed E-state index contributed by atoms with van der Waals surface area (Å²) in [6.07, 6.45) is -2.92. The molecule has 0 amide bonds. The lowest BCUT2D eigenvalue weighted by molar-refractivity contribution is 0.00230. The van der Waals surface area contributed by atoms with E-state index in [4.69, 9.17) is 9.47 Å². The van der Waals surface area contributed by atoms with Crippen LogP contribution in [-0.2, 0) is 11.8 Å². The Morgan fingerprint density at radius 1 is 1.23 bits per heavy atom. The van der Waals surface area contributed by atoms with Crippen LogP contribution in [-0.4, -0.2) is 40.8 Å². The lowest BCUT2D eigenvalue weighted by atomic mass is 10.0. The van der Waals surface area contributed by atoms with Crippen LogP contribution in [0.5, 0.6) is 5.75 Å². The molecule has 1 aromatic carbocycles. The maximum atomic E-state index is 14.7. The predicted octanol–water partition coefficient (Wildman–Crippen LogP) is 3.65. The number of methoxy groups -OCH3 is 1. The molecule has 3 atom stereocenters. The number of fused-ring (bicyclic) bond motifs is 1. The fraction of sp³-hybridized carbons (Fsp3) is 0.435. The molecule has 1 fully saturated rings. The molecule has 35 heavy (non-hydrogen) atoms. The molecule has 4 rings (SSSR count). The number of benzene rings is 1. The Balaban J connectivity index is 1.89. The van der Waals surface area contributed by atoms with Crippen LogP contribution in [0.4, 0.5) is 23.4 Å². The largest absolute Gasteiger partial charge is 0.490 e. The molecule has 1 saturated heterocycles. The molecule has 12 heteroatoms. The van der Waals surface area contributed by atoms with E-state index in [1.807, 2.05) is 0 Å². The van der Waals surface area contributed by atoms with Crippen molar-refractivity contribution in [3.05, 3.63) is 62.0 Å². The molecule has 188 valence electrons. The number of ether oxygens (including phenoxy) is 2. The highest BCUT2D eigenvalue weighted by molar-refractivity contribution is 5.94. The monoisotopic (exact) mass is 496 g/mol. The van der Waals surface area contributed by atoms with Crippen molar-refractivity contribution >= 4 is 16.6 Å². The van der Waals surface area contributed by atoms with E-state index in [2.05, 4.69) is 10.4 Å². The van der Waals surface area contributed by atoms with E-state index in [0.717, 1.165) is 15.3 Å². The summed E-state index contributed by atoms with van der Waals surface area (Å²) in [6, 6.07) is 1.96. The quantitative estimate of drug-likeness (QED) is 0.525. The Labute approximate surface area is 197 Å². The minimum Gasteiger partial charge on any atom is -0.490 e. The molecular formula is C23H24F4N4O4. The van der Waals surface area contributed by atoms with Gasteiger partial charge in [0.05, 0.1) is 36.8 Å². The van der Waals surface area contributed by atoms with Gasteiger partial charge < -0.3 is 19.4 Å². The first-order valence-corrected chi connectivity index (χ1v) is 10.9. The van der Waals surface area contributed by atoms with Gasteiger partial charge >= 0.3 is 0 Å². The van der Waals surface area contributed by atoms with E-state index < -0.39 is 47.2 Å². The summed E-state index contributed by atoms with van der Waals surface area (Å²) in [5.74, 6) is -1.29. The highest BCUT2D eigenvalue weighted by Gasteiger charge is 2.30. The van der Waals surface area contributed by atoms with Gasteiger partial charge in [-0.15, -0.1) is 0 Å². The number of hydrogen-bond acceptors (Lipinski definition) is 6. The number of pyridine rings is 1. The Hall–Kier alpha value is -3.41. The van der Waals surface area contributed by atoms with E-state index in [0.29, 0.717) is 0 Å². The second kappa shape index (κ2) is 9.68. The first kappa shape index (κ1) is 24.7. The first-order chi connectivity index (χ1) is 16.6. The van der Waals surface area contributed by atoms with E-state index in [9.17, 15) is 27.2 Å². The van der Waals surface area contributed by atoms with Crippen LogP contribution in [0.2, 0.25) is 0 Å². The summed E-state index contributed by atoms with van der Waals surface area (Å²) < 4.78 is 68.3. The van der Waals surface area contributed by atoms with Gasteiger partial charge in [-0.05, 0) is 13.3 Å². The number of aromatic nitrogens is 3. The molecule has 0 aliphatic carbocycles. The van der Waals surface area contributed by atoms with Gasteiger partial charge in [0.2, 0.25) is 0 Å². The van der Waals surface area contributed by atoms with Crippen molar-refractivity contribution in [1.82, 2.24) is 14.3 Å². The summed E-state index contributed by atoms with van der Waals surface area (Å²) in [4.78, 5) is 26.0. The zero-order valence-corrected chi connectivity index (χ0v) is 19.2. The molecule has 1 unspecified atom stereocenters. The molecule has 2 aromatic heterocycles. The van der Waals surface area contributed by atoms with Crippen molar-refractivity contribution in [3.8, 4) is 5.75 Å². The predicted molar refractivity (Wildman–Crippen MR) is 121 cm³/mol. The zero-order chi connectivity index (χ0) is 25.4. The number of rotatable bonds is 6. The zero-order valence-electron chi connectivity index (χ0n) is 19.2. The van der Waals surface area contributed by atoms with Crippen LogP contribution in [0.15, 0.2) is 34.0 Å². The maximum absolute atomic E-state index is 14.7. The number of alkyl halides is 3. The number of aryl methyl sites for hydroxylation is 1. The third-order valence-electron chi connectivity index (χ3n) is 6.13. The van der Waals surface area contributed by atoms with Crippen LogP contribution in [0.1, 0.15) is 43.0 Å². The fourth-order valence-electron chi connectivity index (χ4n) is 4.31. The normalized spacial score (nSPS) is 19.2. The van der Waals surface area contributed by atoms with Crippen molar-refractivity contribution in [3.63, 3.8) is 0 Å². The van der Waals surface area contributed by atoms with Gasteiger partial charge in [0.25, 0.3) is 17.5 Å². The smallest absolute Gasteiger partial charge is 0.294 e. The average Bonchev–Trinajstić information content (AvgIpc) is 2.82. The molecule has 1 aliphatic rings. The summed E-state index contributed by atoms with van der Waals surface area (Å²) >= 11 is 0. The Morgan fingerprint density at radius 2 is 1.94 bits per heavy atom. The van der Waals surface area contributed by atoms with Crippen molar-refractivity contribution in [2.24, 2.45) is 7.05 Å². The van der Waals surface area contributed by atoms with Gasteiger partial charge in [-0.3, -0.25) is 9.59 Å². The fourth-order valence-corrected chi connectivity index (χ4v) is 4.31. The maximum Gasteiger partial charge on any atom is 0.294 e. The topological polar surface area (TPSA) is 87.4 Å². The van der Waals surface area contributed by atoms with Gasteiger partial charge in [-0.2, -0.15) is 5.10 Å². The number of hydrogen-bond donors (Lipinski definition) is 1. The van der Waals surface area contributed by atoms with Crippen molar-refractivity contribution in [1.29, 1.82) is 0 Å². The molecule has 3 heterocycles. The molecule has 0 spiro atoms. The molecule has 1 aliphatic heterocycles. The summed E-state index contributed by atoms with van der Waals surface area (Å²) in [6.45, 7) is 1.60. The molecule has 1 N–H and O–H groups in total. The van der Waals surface area contributed by atoms with Gasteiger partial charge in [0.15, 0.2) is 11.6 Å². The summed E-state index contributed by atoms with van der Waals surface area (Å²) in [5.41, 5.74) is -2.10. The van der Waals surface area contributed by atoms with Gasteiger partial charge in [-0.1, -0.05) is 18.2 Å². The van der Waals surface area contributed by atoms with Crippen molar-refractivity contribution in [2.75, 3.05) is 25.6 Å². The van der Waals surface area contributed by atoms with E-state index in [-0.39, 0.29) is 47.5 Å². The van der Waals surface area contributed by atoms with Crippen LogP contribution >= 0.6 is 0 Å². The number of halogens is 4. The van der Waals surface area contributed by atoms with Crippen LogP contribution in [0.3, 0.4) is 0 Å². The van der Waals surface area contributed by atoms with Crippen molar-refractivity contribution in [2.45, 2.75) is 38.0 Å². The molecule has 3 aromatic rings. The van der Waals surface area contributed by atoms with Gasteiger partial charge in [0, 0.05) is 25.4 Å². The molecule has 0 bridgehead atoms. The Kier molecular flexibility index (Phi) is 6.84. The summed E-state index contributed by atoms with van der Waals surface area (Å²) in [7, 11) is 2.58. The Bertz CT molecular complexity index is 1370. The van der Waals surface area contributed by atoms with E-state index in [1.54, 1.807) is 0 Å². The Morgan fingerprint density at radius 3 is 2.60 bits per heavy atom. The highest BCUT2D eigenvalue weighted by atomic mass is 19.3. The lowest BCUT2D eigenvalue weighted by Crippen LogP contribution is -2.37. The second-order valence-electron chi connectivity index (χ2n) is 8.30. The number of nitrogens with zero attached hydrogens (tertiary/aromatic N) is 3. The van der Waals surface area contributed by atoms with Crippen molar-refractivity contribution < 1.29 is 27.0 Å². The lowest BCUT2D eigenvalue weighted by Gasteiger charge is -2.28. The average molecular weight is 496 g/mol. The number of nitrogens with one attached hydrogen (secondary N) is 1. The second-order valence-corrected chi connectivity index (χ2v) is 8.30. The highest BCUT2D eigenvalue weighted by Crippen LogP contribution is 2.32. The van der Waals surface area contributed by atoms with Gasteiger partial charge in [-0.25, -0.2) is 22.2 Å². The first-order valence-electron chi connectivity index (χ1n) is 10.9. The SMILES string of the molecule is COc1c(=O)n([C@@H]2CCOC[C@@H]2F)cc2c(NC(C)c3cccc(C(F)F)c3F)nn(C)c(=O)c12. The molecule has 0 saturated carbocycles. The number of anilines is 1. The van der Waals surface area contributed by atoms with E-state index in [1.165, 1.54) is 39.4 Å². The third kappa shape index (κ3) is 4.38. The van der Waals surface area contributed by atoms with Crippen LogP contribution in [0.25, 0.3) is 10.8 Å². The van der Waals surface area contributed by atoms with Crippen LogP contribution in [0, 0.1) is 5.82 Å². The standard InChI is InChI=1S/C23H24F4N4O4/c1-11(12-5-4-6-13(18(12)25)20(26)27)28-21-14-9-31(16-7-8-35-10-15(16)24)23(33)19(34-3)17(14)22(32)30(2)29-21/h4-6,9,11,15-16,20H,7-8,10H2,1-3H3,(H,28,29)/t11?,15-,16+/m0/s1. The molecular weight excluding hydrogens is 472 g/mol. The van der Waals surface area contributed by atoms with E-state index >= 15 is 0 Å².